The quantitative estimate of drug-likeness (QED) is 0.725. The molecule has 2 fully saturated rings. The molecule has 0 aromatic rings. The van der Waals surface area contributed by atoms with E-state index >= 15 is 0 Å². The molecule has 0 aromatic carbocycles. The maximum Gasteiger partial charge on any atom is 0.315 e. The highest BCUT2D eigenvalue weighted by Crippen LogP contribution is 2.37. The molecule has 1 saturated carbocycles. The molecule has 20 heavy (non-hydrogen) atoms. The normalized spacial score (nSPS) is 35.5. The molecule has 1 aliphatic carbocycles. The smallest absolute Gasteiger partial charge is 0.315 e. The fourth-order valence-electron chi connectivity index (χ4n) is 3.44. The molecule has 2 amide bonds. The molecule has 3 atom stereocenters. The fourth-order valence-corrected chi connectivity index (χ4v) is 3.44. The molecule has 1 heterocycles. The molecular formula is C15H28N2O3. The molecule has 0 aromatic heterocycles. The average molecular weight is 284 g/mol. The molecule has 0 spiro atoms. The first kappa shape index (κ1) is 15.6. The van der Waals surface area contributed by atoms with Gasteiger partial charge in [0, 0.05) is 0 Å². The Balaban J connectivity index is 1.88. The number of hydrogen-bond donors (Lipinski definition) is 3. The van der Waals surface area contributed by atoms with Gasteiger partial charge >= 0.3 is 6.03 Å². The first-order valence-corrected chi connectivity index (χ1v) is 7.65. The second-order valence-corrected chi connectivity index (χ2v) is 7.30. The molecule has 116 valence electrons. The molecule has 1 aliphatic heterocycles. The molecule has 5 heteroatoms. The third-order valence-electron chi connectivity index (χ3n) is 4.43. The zero-order chi connectivity index (χ0) is 15.0. The molecule has 5 nitrogen and oxygen atoms in total. The number of aliphatic hydroxyl groups is 1. The Labute approximate surface area is 121 Å². The first-order chi connectivity index (χ1) is 9.20. The molecule has 0 radical (unpaired) electrons. The van der Waals surface area contributed by atoms with Crippen LogP contribution in [0.3, 0.4) is 0 Å². The second kappa shape index (κ2) is 5.53. The highest BCUT2D eigenvalue weighted by atomic mass is 16.5. The number of amides is 2. The van der Waals surface area contributed by atoms with E-state index < -0.39 is 6.10 Å². The molecule has 2 rings (SSSR count). The van der Waals surface area contributed by atoms with Crippen LogP contribution in [0.25, 0.3) is 0 Å². The lowest BCUT2D eigenvalue weighted by molar-refractivity contribution is -0.0691. The van der Waals surface area contributed by atoms with Crippen molar-refractivity contribution in [1.82, 2.24) is 10.6 Å². The van der Waals surface area contributed by atoms with Crippen molar-refractivity contribution in [3.05, 3.63) is 0 Å². The maximum absolute atomic E-state index is 12.1. The predicted octanol–water partition coefficient (Wildman–Crippen LogP) is 1.94. The number of urea groups is 1. The van der Waals surface area contributed by atoms with E-state index in [1.165, 1.54) is 0 Å². The predicted molar refractivity (Wildman–Crippen MR) is 77.6 cm³/mol. The van der Waals surface area contributed by atoms with E-state index in [1.807, 2.05) is 27.7 Å². The summed E-state index contributed by atoms with van der Waals surface area (Å²) in [5, 5.41) is 15.8. The Morgan fingerprint density at radius 1 is 1.15 bits per heavy atom. The summed E-state index contributed by atoms with van der Waals surface area (Å²) in [5.74, 6) is 0. The van der Waals surface area contributed by atoms with Crippen LogP contribution in [0.15, 0.2) is 0 Å². The van der Waals surface area contributed by atoms with Crippen molar-refractivity contribution in [3.8, 4) is 0 Å². The average Bonchev–Trinajstić information content (AvgIpc) is 2.50. The van der Waals surface area contributed by atoms with Crippen molar-refractivity contribution < 1.29 is 14.6 Å². The number of hydrogen-bond acceptors (Lipinski definition) is 3. The van der Waals surface area contributed by atoms with Gasteiger partial charge < -0.3 is 20.5 Å². The van der Waals surface area contributed by atoms with E-state index in [4.69, 9.17) is 4.74 Å². The number of ether oxygens (including phenoxy) is 1. The van der Waals surface area contributed by atoms with Gasteiger partial charge in [-0.15, -0.1) is 0 Å². The lowest BCUT2D eigenvalue weighted by atomic mass is 9.92. The number of carbonyl (C=O) groups excluding carboxylic acids is 1. The number of rotatable bonds is 2. The van der Waals surface area contributed by atoms with Crippen LogP contribution in [0.1, 0.15) is 59.8 Å². The van der Waals surface area contributed by atoms with Crippen molar-refractivity contribution >= 4 is 6.03 Å². The van der Waals surface area contributed by atoms with Crippen molar-refractivity contribution in [1.29, 1.82) is 0 Å². The third kappa shape index (κ3) is 3.64. The summed E-state index contributed by atoms with van der Waals surface area (Å²) in [6.07, 6.45) is 4.10. The fraction of sp³-hybridized carbons (Fsp3) is 0.933. The molecular weight excluding hydrogens is 256 g/mol. The van der Waals surface area contributed by atoms with Crippen LogP contribution in [0.5, 0.6) is 0 Å². The summed E-state index contributed by atoms with van der Waals surface area (Å²) in [4.78, 5) is 12.1. The first-order valence-electron chi connectivity index (χ1n) is 7.65. The number of carbonyl (C=O) groups is 1. The topological polar surface area (TPSA) is 70.6 Å². The highest BCUT2D eigenvalue weighted by molar-refractivity contribution is 5.74. The van der Waals surface area contributed by atoms with Gasteiger partial charge in [0.25, 0.3) is 0 Å². The van der Waals surface area contributed by atoms with Crippen LogP contribution in [0.2, 0.25) is 0 Å². The highest BCUT2D eigenvalue weighted by Gasteiger charge is 2.46. The lowest BCUT2D eigenvalue weighted by Gasteiger charge is -2.31. The van der Waals surface area contributed by atoms with Gasteiger partial charge in [0.15, 0.2) is 0 Å². The summed E-state index contributed by atoms with van der Waals surface area (Å²) in [6.45, 7) is 8.09. The minimum Gasteiger partial charge on any atom is -0.391 e. The minimum atomic E-state index is -0.418. The lowest BCUT2D eigenvalue weighted by Crippen LogP contribution is -2.54. The van der Waals surface area contributed by atoms with Crippen LogP contribution in [-0.2, 0) is 4.74 Å². The monoisotopic (exact) mass is 284 g/mol. The van der Waals surface area contributed by atoms with Crippen LogP contribution in [0, 0.1) is 0 Å². The summed E-state index contributed by atoms with van der Waals surface area (Å²) in [7, 11) is 0. The van der Waals surface area contributed by atoms with Gasteiger partial charge in [0.1, 0.15) is 0 Å². The van der Waals surface area contributed by atoms with Crippen molar-refractivity contribution in [2.45, 2.75) is 89.2 Å². The Bertz CT molecular complexity index is 368. The van der Waals surface area contributed by atoms with E-state index in [9.17, 15) is 9.90 Å². The van der Waals surface area contributed by atoms with E-state index in [1.54, 1.807) is 0 Å². The van der Waals surface area contributed by atoms with Gasteiger partial charge in [-0.2, -0.15) is 0 Å². The van der Waals surface area contributed by atoms with Crippen LogP contribution < -0.4 is 10.6 Å². The number of nitrogens with one attached hydrogen (secondary N) is 2. The minimum absolute atomic E-state index is 0.0155. The number of aliphatic hydroxyl groups excluding tert-OH is 1. The Morgan fingerprint density at radius 3 is 2.35 bits per heavy atom. The Kier molecular flexibility index (Phi) is 4.30. The zero-order valence-electron chi connectivity index (χ0n) is 13.0. The van der Waals surface area contributed by atoms with Crippen molar-refractivity contribution in [2.24, 2.45) is 0 Å². The molecule has 0 bridgehead atoms. The Hall–Kier alpha value is -0.810. The maximum atomic E-state index is 12.1. The van der Waals surface area contributed by atoms with Gasteiger partial charge in [0.05, 0.1) is 29.4 Å². The van der Waals surface area contributed by atoms with Crippen LogP contribution in [0.4, 0.5) is 4.79 Å². The van der Waals surface area contributed by atoms with E-state index in [-0.39, 0.29) is 29.3 Å². The summed E-state index contributed by atoms with van der Waals surface area (Å²) < 4.78 is 5.97. The van der Waals surface area contributed by atoms with Gasteiger partial charge in [-0.25, -0.2) is 4.79 Å². The van der Waals surface area contributed by atoms with Gasteiger partial charge in [-0.05, 0) is 47.0 Å². The van der Waals surface area contributed by atoms with E-state index in [0.29, 0.717) is 0 Å². The summed E-state index contributed by atoms with van der Waals surface area (Å²) in [5.41, 5.74) is -0.585. The SMILES string of the molecule is CC1(C)CC(NC(=O)NC2CCCCC2O)C(C)(C)O1. The Morgan fingerprint density at radius 2 is 1.80 bits per heavy atom. The van der Waals surface area contributed by atoms with E-state index in [2.05, 4.69) is 10.6 Å². The van der Waals surface area contributed by atoms with E-state index in [0.717, 1.165) is 32.1 Å². The van der Waals surface area contributed by atoms with Crippen LogP contribution >= 0.6 is 0 Å². The van der Waals surface area contributed by atoms with Crippen molar-refractivity contribution in [3.63, 3.8) is 0 Å². The van der Waals surface area contributed by atoms with Gasteiger partial charge in [0.2, 0.25) is 0 Å². The summed E-state index contributed by atoms with van der Waals surface area (Å²) >= 11 is 0. The summed E-state index contributed by atoms with van der Waals surface area (Å²) in [6, 6.07) is -0.337. The van der Waals surface area contributed by atoms with Crippen LogP contribution in [-0.4, -0.2) is 40.5 Å². The largest absolute Gasteiger partial charge is 0.391 e. The molecule has 2 aliphatic rings. The second-order valence-electron chi connectivity index (χ2n) is 7.30. The zero-order valence-corrected chi connectivity index (χ0v) is 13.0. The van der Waals surface area contributed by atoms with Gasteiger partial charge in [-0.1, -0.05) is 12.8 Å². The van der Waals surface area contributed by atoms with Gasteiger partial charge in [-0.3, -0.25) is 0 Å². The molecule has 3 unspecified atom stereocenters. The standard InChI is InChI=1S/C15H28N2O3/c1-14(2)9-12(15(3,4)20-14)17-13(19)16-10-7-5-6-8-11(10)18/h10-12,18H,5-9H2,1-4H3,(H2,16,17,19). The molecule has 3 N–H and O–H groups in total. The molecule has 1 saturated heterocycles. The van der Waals surface area contributed by atoms with Crippen molar-refractivity contribution in [2.75, 3.05) is 0 Å². The third-order valence-corrected chi connectivity index (χ3v) is 4.43.